The number of aryl methyl sites for hydroxylation is 2. The van der Waals surface area contributed by atoms with Crippen molar-refractivity contribution in [3.8, 4) is 6.07 Å². The van der Waals surface area contributed by atoms with E-state index < -0.39 is 0 Å². The van der Waals surface area contributed by atoms with Gasteiger partial charge in [0.25, 0.3) is 0 Å². The van der Waals surface area contributed by atoms with Gasteiger partial charge in [0, 0.05) is 25.3 Å². The highest BCUT2D eigenvalue weighted by Gasteiger charge is 2.12. The molecular weight excluding hydrogens is 222 g/mol. The van der Waals surface area contributed by atoms with E-state index in [2.05, 4.69) is 62.2 Å². The summed E-state index contributed by atoms with van der Waals surface area (Å²) in [6, 6.07) is 8.95. The Labute approximate surface area is 110 Å². The number of nitrogens with zero attached hydrogens (tertiary/aromatic N) is 2. The van der Waals surface area contributed by atoms with Crippen molar-refractivity contribution in [1.29, 1.82) is 5.26 Å². The number of hydrogen-bond acceptors (Lipinski definition) is 3. The minimum absolute atomic E-state index is 0.143. The van der Waals surface area contributed by atoms with Gasteiger partial charge in [-0.1, -0.05) is 6.07 Å². The van der Waals surface area contributed by atoms with E-state index in [0.29, 0.717) is 12.6 Å². The molecule has 0 radical (unpaired) electrons. The third kappa shape index (κ3) is 4.38. The molecule has 18 heavy (non-hydrogen) atoms. The Morgan fingerprint density at radius 3 is 2.22 bits per heavy atom. The first kappa shape index (κ1) is 14.5. The maximum absolute atomic E-state index is 9.14. The maximum Gasteiger partial charge on any atom is 0.113 e. The topological polar surface area (TPSA) is 39.1 Å². The Kier molecular flexibility index (Phi) is 5.18. The third-order valence-electron chi connectivity index (χ3n) is 2.79. The molecule has 1 aromatic rings. The summed E-state index contributed by atoms with van der Waals surface area (Å²) in [5.41, 5.74) is 3.67. The Morgan fingerprint density at radius 2 is 1.78 bits per heavy atom. The lowest BCUT2D eigenvalue weighted by atomic mass is 10.1. The van der Waals surface area contributed by atoms with Gasteiger partial charge >= 0.3 is 0 Å². The highest BCUT2D eigenvalue weighted by atomic mass is 15.1. The zero-order valence-electron chi connectivity index (χ0n) is 12.0. The zero-order valence-corrected chi connectivity index (χ0v) is 12.0. The molecular formula is C15H23N3. The normalized spacial score (nSPS) is 12.3. The molecule has 3 nitrogen and oxygen atoms in total. The van der Waals surface area contributed by atoms with Crippen LogP contribution in [0, 0.1) is 25.2 Å². The van der Waals surface area contributed by atoms with Crippen molar-refractivity contribution in [2.45, 2.75) is 39.8 Å². The number of nitrogens with one attached hydrogen (secondary N) is 1. The van der Waals surface area contributed by atoms with Crippen LogP contribution < -0.4 is 10.2 Å². The summed E-state index contributed by atoms with van der Waals surface area (Å²) in [7, 11) is 2.03. The van der Waals surface area contributed by atoms with Crippen molar-refractivity contribution in [1.82, 2.24) is 5.32 Å². The third-order valence-corrected chi connectivity index (χ3v) is 2.79. The molecule has 1 N–H and O–H groups in total. The molecule has 0 fully saturated rings. The maximum atomic E-state index is 9.14. The van der Waals surface area contributed by atoms with Crippen LogP contribution in [-0.2, 0) is 0 Å². The van der Waals surface area contributed by atoms with E-state index in [1.54, 1.807) is 0 Å². The molecule has 0 bridgehead atoms. The van der Waals surface area contributed by atoms with Crippen LogP contribution >= 0.6 is 0 Å². The molecule has 0 aliphatic heterocycles. The van der Waals surface area contributed by atoms with Gasteiger partial charge in [0.15, 0.2) is 0 Å². The van der Waals surface area contributed by atoms with Crippen LogP contribution in [0.3, 0.4) is 0 Å². The highest BCUT2D eigenvalue weighted by molar-refractivity contribution is 5.50. The molecule has 98 valence electrons. The van der Waals surface area contributed by atoms with Crippen LogP contribution in [0.25, 0.3) is 0 Å². The molecule has 0 saturated heterocycles. The molecule has 1 unspecified atom stereocenters. The molecule has 0 aliphatic carbocycles. The second kappa shape index (κ2) is 6.42. The van der Waals surface area contributed by atoms with Gasteiger partial charge in [-0.15, -0.1) is 0 Å². The van der Waals surface area contributed by atoms with Crippen LogP contribution in [0.2, 0.25) is 0 Å². The van der Waals surface area contributed by atoms with Crippen molar-refractivity contribution < 1.29 is 0 Å². The quantitative estimate of drug-likeness (QED) is 0.866. The lowest BCUT2D eigenvalue weighted by Gasteiger charge is -2.24. The lowest BCUT2D eigenvalue weighted by Crippen LogP contribution is -2.41. The number of benzene rings is 1. The van der Waals surface area contributed by atoms with Crippen LogP contribution in [0.4, 0.5) is 5.69 Å². The summed E-state index contributed by atoms with van der Waals surface area (Å²) in [5, 5.41) is 12.4. The molecule has 0 spiro atoms. The van der Waals surface area contributed by atoms with E-state index in [-0.39, 0.29) is 6.04 Å². The van der Waals surface area contributed by atoms with Crippen LogP contribution in [-0.4, -0.2) is 25.7 Å². The van der Waals surface area contributed by atoms with Gasteiger partial charge in [0.05, 0.1) is 6.07 Å². The second-order valence-corrected chi connectivity index (χ2v) is 5.23. The zero-order chi connectivity index (χ0) is 13.7. The van der Waals surface area contributed by atoms with Crippen LogP contribution in [0.1, 0.15) is 25.0 Å². The number of anilines is 1. The Bertz CT molecular complexity index is 412. The predicted molar refractivity (Wildman–Crippen MR) is 76.9 cm³/mol. The largest absolute Gasteiger partial charge is 0.372 e. The lowest BCUT2D eigenvalue weighted by molar-refractivity contribution is 0.528. The number of rotatable bonds is 5. The first-order valence-corrected chi connectivity index (χ1v) is 6.37. The van der Waals surface area contributed by atoms with Crippen LogP contribution in [0.15, 0.2) is 18.2 Å². The van der Waals surface area contributed by atoms with Gasteiger partial charge in [-0.25, -0.2) is 0 Å². The van der Waals surface area contributed by atoms with E-state index in [4.69, 9.17) is 5.26 Å². The number of nitriles is 1. The van der Waals surface area contributed by atoms with Crippen molar-refractivity contribution in [3.05, 3.63) is 29.3 Å². The first-order valence-electron chi connectivity index (χ1n) is 6.37. The molecule has 0 saturated carbocycles. The summed E-state index contributed by atoms with van der Waals surface area (Å²) >= 11 is 0. The predicted octanol–water partition coefficient (Wildman–Crippen LogP) is 2.63. The highest BCUT2D eigenvalue weighted by Crippen LogP contribution is 2.17. The summed E-state index contributed by atoms with van der Waals surface area (Å²) in [6.07, 6.45) is 0. The second-order valence-electron chi connectivity index (χ2n) is 5.23. The summed E-state index contributed by atoms with van der Waals surface area (Å²) in [4.78, 5) is 2.13. The molecule has 1 aromatic carbocycles. The monoisotopic (exact) mass is 245 g/mol. The van der Waals surface area contributed by atoms with E-state index in [1.807, 2.05) is 7.05 Å². The van der Waals surface area contributed by atoms with Gasteiger partial charge in [0.2, 0.25) is 0 Å². The fourth-order valence-corrected chi connectivity index (χ4v) is 2.08. The molecule has 1 atom stereocenters. The SMILES string of the molecule is Cc1cc(C)cc(N(C)CC(C#N)NC(C)C)c1. The van der Waals surface area contributed by atoms with Gasteiger partial charge < -0.3 is 4.90 Å². The molecule has 0 aromatic heterocycles. The summed E-state index contributed by atoms with van der Waals surface area (Å²) in [6.45, 7) is 9.00. The Morgan fingerprint density at radius 1 is 1.22 bits per heavy atom. The first-order chi connectivity index (χ1) is 8.42. The van der Waals surface area contributed by atoms with Crippen molar-refractivity contribution in [2.24, 2.45) is 0 Å². The molecule has 1 rings (SSSR count). The van der Waals surface area contributed by atoms with Crippen molar-refractivity contribution >= 4 is 5.69 Å². The Hall–Kier alpha value is -1.53. The van der Waals surface area contributed by atoms with E-state index in [0.717, 1.165) is 0 Å². The Balaban J connectivity index is 2.75. The molecule has 0 amide bonds. The van der Waals surface area contributed by atoms with Crippen molar-refractivity contribution in [2.75, 3.05) is 18.5 Å². The molecule has 0 aliphatic rings. The van der Waals surface area contributed by atoms with Gasteiger partial charge in [-0.3, -0.25) is 5.32 Å². The minimum atomic E-state index is -0.143. The van der Waals surface area contributed by atoms with Gasteiger partial charge in [-0.2, -0.15) is 5.26 Å². The number of likely N-dealkylation sites (N-methyl/N-ethyl adjacent to an activating group) is 1. The summed E-state index contributed by atoms with van der Waals surface area (Å²) in [5.74, 6) is 0. The number of hydrogen-bond donors (Lipinski definition) is 1. The van der Waals surface area contributed by atoms with Crippen LogP contribution in [0.5, 0.6) is 0 Å². The van der Waals surface area contributed by atoms with Crippen molar-refractivity contribution in [3.63, 3.8) is 0 Å². The summed E-state index contributed by atoms with van der Waals surface area (Å²) < 4.78 is 0. The standard InChI is InChI=1S/C15H23N3/c1-11(2)17-14(9-16)10-18(5)15-7-12(3)6-13(4)8-15/h6-8,11,14,17H,10H2,1-5H3. The average Bonchev–Trinajstić information content (AvgIpc) is 2.26. The fourth-order valence-electron chi connectivity index (χ4n) is 2.08. The van der Waals surface area contributed by atoms with E-state index in [1.165, 1.54) is 16.8 Å². The average molecular weight is 245 g/mol. The fraction of sp³-hybridized carbons (Fsp3) is 0.533. The van der Waals surface area contributed by atoms with E-state index >= 15 is 0 Å². The van der Waals surface area contributed by atoms with Gasteiger partial charge in [-0.05, 0) is 51.0 Å². The molecule has 3 heteroatoms. The van der Waals surface area contributed by atoms with Gasteiger partial charge in [0.1, 0.15) is 6.04 Å². The minimum Gasteiger partial charge on any atom is -0.372 e. The smallest absolute Gasteiger partial charge is 0.113 e. The van der Waals surface area contributed by atoms with E-state index in [9.17, 15) is 0 Å². The molecule has 0 heterocycles.